The van der Waals surface area contributed by atoms with Crippen molar-refractivity contribution in [3.63, 3.8) is 0 Å². The SMILES string of the molecule is CCCCCCCCCCCCCCCCCC(=O)NCCCC(O)COP(=O)(OC)OC. The number of aliphatic hydroxyl groups is 1. The fraction of sp³-hybridized carbons (Fsp3) is 0.960. The number of hydrogen-bond donors (Lipinski definition) is 2. The molecule has 198 valence electrons. The van der Waals surface area contributed by atoms with Gasteiger partial charge in [0.2, 0.25) is 5.91 Å². The quantitative estimate of drug-likeness (QED) is 0.106. The van der Waals surface area contributed by atoms with Gasteiger partial charge in [0.15, 0.2) is 0 Å². The maximum Gasteiger partial charge on any atom is 0.474 e. The van der Waals surface area contributed by atoms with Crippen molar-refractivity contribution in [3.05, 3.63) is 0 Å². The van der Waals surface area contributed by atoms with Crippen LogP contribution in [-0.4, -0.2) is 44.5 Å². The molecule has 7 nitrogen and oxygen atoms in total. The number of unbranched alkanes of at least 4 members (excludes halogenated alkanes) is 14. The molecule has 2 N–H and O–H groups in total. The lowest BCUT2D eigenvalue weighted by Crippen LogP contribution is -2.25. The van der Waals surface area contributed by atoms with Gasteiger partial charge in [-0.05, 0) is 19.3 Å². The lowest BCUT2D eigenvalue weighted by Gasteiger charge is -2.16. The third-order valence-corrected chi connectivity index (χ3v) is 7.28. The van der Waals surface area contributed by atoms with Crippen LogP contribution in [0.2, 0.25) is 0 Å². The Morgan fingerprint density at radius 1 is 0.788 bits per heavy atom. The van der Waals surface area contributed by atoms with Gasteiger partial charge in [0, 0.05) is 27.2 Å². The van der Waals surface area contributed by atoms with Gasteiger partial charge in [0.25, 0.3) is 0 Å². The molecule has 0 bridgehead atoms. The van der Waals surface area contributed by atoms with Crippen LogP contribution < -0.4 is 5.32 Å². The summed E-state index contributed by atoms with van der Waals surface area (Å²) in [7, 11) is -1.10. The number of amides is 1. The van der Waals surface area contributed by atoms with E-state index in [1.165, 1.54) is 97.7 Å². The molecule has 0 spiro atoms. The molecule has 0 aromatic heterocycles. The summed E-state index contributed by atoms with van der Waals surface area (Å²) in [5, 5.41) is 12.7. The third-order valence-electron chi connectivity index (χ3n) is 5.92. The molecule has 8 heteroatoms. The predicted octanol–water partition coefficient (Wildman–Crippen LogP) is 6.92. The summed E-state index contributed by atoms with van der Waals surface area (Å²) in [6, 6.07) is 0. The van der Waals surface area contributed by atoms with Gasteiger partial charge in [-0.2, -0.15) is 0 Å². The summed E-state index contributed by atoms with van der Waals surface area (Å²) in [6.07, 6.45) is 20.6. The van der Waals surface area contributed by atoms with Gasteiger partial charge in [0.05, 0.1) is 12.7 Å². The van der Waals surface area contributed by atoms with E-state index < -0.39 is 13.9 Å². The molecule has 0 aromatic carbocycles. The minimum atomic E-state index is -3.56. The zero-order valence-electron chi connectivity index (χ0n) is 21.7. The van der Waals surface area contributed by atoms with Crippen molar-refractivity contribution in [2.45, 2.75) is 129 Å². The molecular formula is C25H52NO6P. The van der Waals surface area contributed by atoms with Crippen molar-refractivity contribution < 1.29 is 28.0 Å². The van der Waals surface area contributed by atoms with Crippen molar-refractivity contribution in [1.82, 2.24) is 5.32 Å². The number of hydrogen-bond acceptors (Lipinski definition) is 6. The van der Waals surface area contributed by atoms with Crippen LogP contribution in [0.15, 0.2) is 0 Å². The third kappa shape index (κ3) is 21.8. The summed E-state index contributed by atoms with van der Waals surface area (Å²) in [5.74, 6) is 0.0682. The summed E-state index contributed by atoms with van der Waals surface area (Å²) < 4.78 is 26.0. The van der Waals surface area contributed by atoms with Crippen LogP contribution in [0.1, 0.15) is 122 Å². The van der Waals surface area contributed by atoms with Crippen molar-refractivity contribution in [2.24, 2.45) is 0 Å². The van der Waals surface area contributed by atoms with Crippen LogP contribution in [0.4, 0.5) is 0 Å². The Morgan fingerprint density at radius 3 is 1.70 bits per heavy atom. The molecular weight excluding hydrogens is 441 g/mol. The molecule has 1 atom stereocenters. The molecule has 1 unspecified atom stereocenters. The van der Waals surface area contributed by atoms with Gasteiger partial charge in [-0.3, -0.25) is 18.4 Å². The smallest absolute Gasteiger partial charge is 0.391 e. The van der Waals surface area contributed by atoms with Crippen LogP contribution in [0, 0.1) is 0 Å². The highest BCUT2D eigenvalue weighted by atomic mass is 31.2. The van der Waals surface area contributed by atoms with E-state index in [2.05, 4.69) is 21.3 Å². The second kappa shape index (κ2) is 23.3. The zero-order chi connectivity index (χ0) is 24.6. The molecule has 0 rings (SSSR count). The Hall–Kier alpha value is -0.460. The van der Waals surface area contributed by atoms with Gasteiger partial charge in [-0.1, -0.05) is 96.8 Å². The molecule has 33 heavy (non-hydrogen) atoms. The fourth-order valence-electron chi connectivity index (χ4n) is 3.75. The van der Waals surface area contributed by atoms with Crippen LogP contribution in [0.5, 0.6) is 0 Å². The molecule has 0 aliphatic heterocycles. The van der Waals surface area contributed by atoms with E-state index in [1.54, 1.807) is 0 Å². The Balaban J connectivity index is 3.37. The lowest BCUT2D eigenvalue weighted by atomic mass is 10.0. The van der Waals surface area contributed by atoms with Gasteiger partial charge in [-0.25, -0.2) is 4.57 Å². The molecule has 0 fully saturated rings. The van der Waals surface area contributed by atoms with Gasteiger partial charge in [-0.15, -0.1) is 0 Å². The number of carbonyl (C=O) groups excluding carboxylic acids is 1. The largest absolute Gasteiger partial charge is 0.474 e. The normalized spacial score (nSPS) is 12.7. The molecule has 1 amide bonds. The van der Waals surface area contributed by atoms with Crippen molar-refractivity contribution in [3.8, 4) is 0 Å². The number of phosphoric ester groups is 1. The first-order valence-corrected chi connectivity index (χ1v) is 14.7. The van der Waals surface area contributed by atoms with Crippen molar-refractivity contribution in [1.29, 1.82) is 0 Å². The van der Waals surface area contributed by atoms with Crippen LogP contribution >= 0.6 is 7.82 Å². The number of aliphatic hydroxyl groups excluding tert-OH is 1. The van der Waals surface area contributed by atoms with Crippen LogP contribution in [-0.2, 0) is 22.9 Å². The Kier molecular flexibility index (Phi) is 23.0. The fourth-order valence-corrected chi connectivity index (χ4v) is 4.47. The monoisotopic (exact) mass is 493 g/mol. The van der Waals surface area contributed by atoms with Gasteiger partial charge >= 0.3 is 7.82 Å². The summed E-state index contributed by atoms with van der Waals surface area (Å²) in [6.45, 7) is 2.65. The van der Waals surface area contributed by atoms with E-state index >= 15 is 0 Å². The number of carbonyl (C=O) groups is 1. The first-order valence-electron chi connectivity index (χ1n) is 13.3. The minimum absolute atomic E-state index is 0.0682. The second-order valence-corrected chi connectivity index (χ2v) is 10.8. The Bertz CT molecular complexity index is 484. The van der Waals surface area contributed by atoms with E-state index in [4.69, 9.17) is 4.52 Å². The Labute approximate surface area is 203 Å². The van der Waals surface area contributed by atoms with Crippen molar-refractivity contribution in [2.75, 3.05) is 27.4 Å². The number of phosphoric acid groups is 1. The van der Waals surface area contributed by atoms with E-state index in [0.717, 1.165) is 12.8 Å². The highest BCUT2D eigenvalue weighted by molar-refractivity contribution is 7.48. The average Bonchev–Trinajstić information content (AvgIpc) is 2.82. The highest BCUT2D eigenvalue weighted by Gasteiger charge is 2.23. The summed E-state index contributed by atoms with van der Waals surface area (Å²) in [4.78, 5) is 11.9. The molecule has 0 aliphatic rings. The van der Waals surface area contributed by atoms with E-state index in [0.29, 0.717) is 25.8 Å². The first kappa shape index (κ1) is 32.5. The maximum atomic E-state index is 11.9. The molecule has 0 aliphatic carbocycles. The van der Waals surface area contributed by atoms with E-state index in [9.17, 15) is 14.5 Å². The topological polar surface area (TPSA) is 94.1 Å². The highest BCUT2D eigenvalue weighted by Crippen LogP contribution is 2.47. The van der Waals surface area contributed by atoms with Crippen molar-refractivity contribution >= 4 is 13.7 Å². The van der Waals surface area contributed by atoms with E-state index in [1.807, 2.05) is 0 Å². The van der Waals surface area contributed by atoms with Crippen LogP contribution in [0.25, 0.3) is 0 Å². The minimum Gasteiger partial charge on any atom is -0.391 e. The summed E-state index contributed by atoms with van der Waals surface area (Å²) >= 11 is 0. The lowest BCUT2D eigenvalue weighted by molar-refractivity contribution is -0.121. The number of rotatable bonds is 25. The second-order valence-electron chi connectivity index (χ2n) is 8.95. The predicted molar refractivity (Wildman–Crippen MR) is 135 cm³/mol. The standard InChI is InChI=1S/C25H52NO6P/c1-4-5-6-7-8-9-10-11-12-13-14-15-16-17-18-21-25(28)26-22-19-20-24(27)23-32-33(29,30-2)31-3/h24,27H,4-23H2,1-3H3,(H,26,28). The maximum absolute atomic E-state index is 11.9. The van der Waals surface area contributed by atoms with E-state index in [-0.39, 0.29) is 12.5 Å². The molecule has 0 saturated heterocycles. The molecule has 0 heterocycles. The van der Waals surface area contributed by atoms with Crippen LogP contribution in [0.3, 0.4) is 0 Å². The molecule has 0 aromatic rings. The zero-order valence-corrected chi connectivity index (χ0v) is 22.5. The first-order chi connectivity index (χ1) is 16.0. The van der Waals surface area contributed by atoms with Gasteiger partial charge in [0.1, 0.15) is 0 Å². The van der Waals surface area contributed by atoms with Gasteiger partial charge < -0.3 is 10.4 Å². The Morgan fingerprint density at radius 2 is 1.24 bits per heavy atom. The molecule has 0 saturated carbocycles. The number of nitrogens with one attached hydrogen (secondary N) is 1. The summed E-state index contributed by atoms with van der Waals surface area (Å²) in [5.41, 5.74) is 0. The average molecular weight is 494 g/mol. The molecule has 0 radical (unpaired) electrons.